The van der Waals surface area contributed by atoms with Crippen LogP contribution in [-0.4, -0.2) is 42.1 Å². The molecule has 1 aromatic rings. The number of para-hydroxylation sites is 1. The molecule has 0 saturated heterocycles. The highest BCUT2D eigenvalue weighted by Gasteiger charge is 2.21. The molecular weight excluding hydrogens is 222 g/mol. The second-order valence-electron chi connectivity index (χ2n) is 3.80. The van der Waals surface area contributed by atoms with Gasteiger partial charge in [0.05, 0.1) is 0 Å². The van der Waals surface area contributed by atoms with E-state index in [4.69, 9.17) is 4.74 Å². The highest BCUT2D eigenvalue weighted by molar-refractivity contribution is 5.94. The van der Waals surface area contributed by atoms with E-state index in [0.29, 0.717) is 0 Å². The van der Waals surface area contributed by atoms with Crippen molar-refractivity contribution >= 4 is 11.9 Å². The minimum absolute atomic E-state index is 0.0471. The van der Waals surface area contributed by atoms with Gasteiger partial charge in [-0.15, -0.1) is 0 Å². The number of nitrogens with zero attached hydrogens (tertiary/aromatic N) is 1. The molecule has 0 aliphatic heterocycles. The van der Waals surface area contributed by atoms with Gasteiger partial charge in [0.25, 0.3) is 5.91 Å². The van der Waals surface area contributed by atoms with Gasteiger partial charge in [0.1, 0.15) is 11.3 Å². The van der Waals surface area contributed by atoms with Gasteiger partial charge in [0.15, 0.2) is 6.10 Å². The van der Waals surface area contributed by atoms with Crippen LogP contribution in [0.5, 0.6) is 5.75 Å². The molecule has 0 bridgehead atoms. The smallest absolute Gasteiger partial charge is 0.342 e. The number of carbonyl (C=O) groups excluding carboxylic acids is 2. The SMILES string of the molecule is C[C@H](OC(=O)c1ccccc1O)C(=O)N(C)C. The van der Waals surface area contributed by atoms with Crippen molar-refractivity contribution in [3.05, 3.63) is 29.8 Å². The molecule has 1 atom stereocenters. The van der Waals surface area contributed by atoms with Gasteiger partial charge in [-0.25, -0.2) is 4.79 Å². The van der Waals surface area contributed by atoms with Gasteiger partial charge in [0.2, 0.25) is 0 Å². The van der Waals surface area contributed by atoms with Crippen LogP contribution < -0.4 is 0 Å². The van der Waals surface area contributed by atoms with Crippen LogP contribution in [0.4, 0.5) is 0 Å². The largest absolute Gasteiger partial charge is 0.507 e. The van der Waals surface area contributed by atoms with Crippen LogP contribution in [-0.2, 0) is 9.53 Å². The van der Waals surface area contributed by atoms with Crippen molar-refractivity contribution in [3.63, 3.8) is 0 Å². The number of aromatic hydroxyl groups is 1. The zero-order valence-corrected chi connectivity index (χ0v) is 10.0. The van der Waals surface area contributed by atoms with Crippen molar-refractivity contribution in [2.24, 2.45) is 0 Å². The normalized spacial score (nSPS) is 11.7. The Morgan fingerprint density at radius 3 is 2.41 bits per heavy atom. The lowest BCUT2D eigenvalue weighted by atomic mass is 10.2. The Balaban J connectivity index is 2.74. The van der Waals surface area contributed by atoms with Gasteiger partial charge < -0.3 is 14.7 Å². The van der Waals surface area contributed by atoms with Gasteiger partial charge in [-0.05, 0) is 19.1 Å². The van der Waals surface area contributed by atoms with Crippen molar-refractivity contribution in [2.45, 2.75) is 13.0 Å². The first kappa shape index (κ1) is 13.0. The Hall–Kier alpha value is -2.04. The highest BCUT2D eigenvalue weighted by atomic mass is 16.5. The summed E-state index contributed by atoms with van der Waals surface area (Å²) in [5.41, 5.74) is 0.0471. The van der Waals surface area contributed by atoms with Crippen LogP contribution in [0.1, 0.15) is 17.3 Å². The van der Waals surface area contributed by atoms with Gasteiger partial charge >= 0.3 is 5.97 Å². The number of hydrogen-bond acceptors (Lipinski definition) is 4. The van der Waals surface area contributed by atoms with Crippen LogP contribution in [0.2, 0.25) is 0 Å². The standard InChI is InChI=1S/C12H15NO4/c1-8(11(15)13(2)3)17-12(16)9-6-4-5-7-10(9)14/h4-8,14H,1-3H3/t8-/m0/s1. The van der Waals surface area contributed by atoms with Crippen molar-refractivity contribution in [1.29, 1.82) is 0 Å². The molecular formula is C12H15NO4. The third-order valence-corrected chi connectivity index (χ3v) is 2.20. The molecule has 0 heterocycles. The Morgan fingerprint density at radius 1 is 1.29 bits per heavy atom. The molecule has 0 saturated carbocycles. The molecule has 1 amide bonds. The summed E-state index contributed by atoms with van der Waals surface area (Å²) in [4.78, 5) is 24.5. The van der Waals surface area contributed by atoms with E-state index in [1.165, 1.54) is 24.0 Å². The van der Waals surface area contributed by atoms with Crippen LogP contribution in [0.25, 0.3) is 0 Å². The fraction of sp³-hybridized carbons (Fsp3) is 0.333. The molecule has 5 nitrogen and oxygen atoms in total. The first-order chi connectivity index (χ1) is 7.93. The number of phenols is 1. The van der Waals surface area contributed by atoms with Crippen molar-refractivity contribution in [1.82, 2.24) is 4.90 Å². The maximum atomic E-state index is 11.7. The average molecular weight is 237 g/mol. The summed E-state index contributed by atoms with van der Waals surface area (Å²) in [6.45, 7) is 1.49. The minimum atomic E-state index is -0.878. The molecule has 0 aliphatic carbocycles. The predicted octanol–water partition coefficient (Wildman–Crippen LogP) is 1.03. The lowest BCUT2D eigenvalue weighted by Gasteiger charge is -2.17. The van der Waals surface area contributed by atoms with Crippen molar-refractivity contribution in [2.75, 3.05) is 14.1 Å². The number of hydrogen-bond donors (Lipinski definition) is 1. The zero-order chi connectivity index (χ0) is 13.0. The first-order valence-electron chi connectivity index (χ1n) is 5.13. The van der Waals surface area contributed by atoms with E-state index in [9.17, 15) is 14.7 Å². The van der Waals surface area contributed by atoms with Crippen LogP contribution in [0.3, 0.4) is 0 Å². The number of ether oxygens (including phenoxy) is 1. The summed E-state index contributed by atoms with van der Waals surface area (Å²) < 4.78 is 4.95. The number of amides is 1. The predicted molar refractivity (Wildman–Crippen MR) is 61.7 cm³/mol. The number of phenolic OH excluding ortho intramolecular Hbond substituents is 1. The summed E-state index contributed by atoms with van der Waals surface area (Å²) in [7, 11) is 3.15. The Bertz CT molecular complexity index is 428. The first-order valence-corrected chi connectivity index (χ1v) is 5.13. The third kappa shape index (κ3) is 3.21. The van der Waals surface area contributed by atoms with Crippen LogP contribution in [0.15, 0.2) is 24.3 Å². The molecule has 0 aliphatic rings. The molecule has 17 heavy (non-hydrogen) atoms. The second kappa shape index (κ2) is 5.34. The molecule has 0 unspecified atom stereocenters. The molecule has 0 aromatic heterocycles. The van der Waals surface area contributed by atoms with Gasteiger partial charge in [-0.3, -0.25) is 4.79 Å². The molecule has 92 valence electrons. The lowest BCUT2D eigenvalue weighted by Crippen LogP contribution is -2.34. The van der Waals surface area contributed by atoms with E-state index in [0.717, 1.165) is 0 Å². The summed E-state index contributed by atoms with van der Waals surface area (Å²) in [6.07, 6.45) is -0.878. The molecule has 1 rings (SSSR count). The number of likely N-dealkylation sites (N-methyl/N-ethyl adjacent to an activating group) is 1. The van der Waals surface area contributed by atoms with E-state index >= 15 is 0 Å². The maximum absolute atomic E-state index is 11.7. The number of carbonyl (C=O) groups is 2. The summed E-state index contributed by atoms with van der Waals surface area (Å²) in [6, 6.07) is 6.02. The van der Waals surface area contributed by atoms with Crippen molar-refractivity contribution < 1.29 is 19.4 Å². The van der Waals surface area contributed by atoms with E-state index in [-0.39, 0.29) is 17.2 Å². The summed E-state index contributed by atoms with van der Waals surface area (Å²) >= 11 is 0. The molecule has 0 fully saturated rings. The lowest BCUT2D eigenvalue weighted by molar-refractivity contribution is -0.137. The van der Waals surface area contributed by atoms with Crippen molar-refractivity contribution in [3.8, 4) is 5.75 Å². The second-order valence-corrected chi connectivity index (χ2v) is 3.80. The Kier molecular flexibility index (Phi) is 4.09. The number of rotatable bonds is 3. The number of esters is 1. The third-order valence-electron chi connectivity index (χ3n) is 2.20. The highest BCUT2D eigenvalue weighted by Crippen LogP contribution is 2.17. The van der Waals surface area contributed by atoms with Gasteiger partial charge in [0, 0.05) is 14.1 Å². The van der Waals surface area contributed by atoms with Gasteiger partial charge in [-0.1, -0.05) is 12.1 Å². The van der Waals surface area contributed by atoms with E-state index in [1.807, 2.05) is 0 Å². The number of benzene rings is 1. The molecule has 0 radical (unpaired) electrons. The fourth-order valence-electron chi connectivity index (χ4n) is 1.28. The van der Waals surface area contributed by atoms with E-state index in [1.54, 1.807) is 26.2 Å². The van der Waals surface area contributed by atoms with Crippen LogP contribution in [0, 0.1) is 0 Å². The van der Waals surface area contributed by atoms with Gasteiger partial charge in [-0.2, -0.15) is 0 Å². The van der Waals surface area contributed by atoms with E-state index < -0.39 is 12.1 Å². The van der Waals surface area contributed by atoms with Crippen LogP contribution >= 0.6 is 0 Å². The maximum Gasteiger partial charge on any atom is 0.342 e. The average Bonchev–Trinajstić information content (AvgIpc) is 2.28. The molecule has 0 spiro atoms. The molecule has 1 N–H and O–H groups in total. The molecule has 1 aromatic carbocycles. The minimum Gasteiger partial charge on any atom is -0.507 e. The Morgan fingerprint density at radius 2 is 1.88 bits per heavy atom. The fourth-order valence-corrected chi connectivity index (χ4v) is 1.28. The summed E-state index contributed by atoms with van der Waals surface area (Å²) in [5.74, 6) is -1.19. The van der Waals surface area contributed by atoms with E-state index in [2.05, 4.69) is 0 Å². The quantitative estimate of drug-likeness (QED) is 0.797. The topological polar surface area (TPSA) is 66.8 Å². The monoisotopic (exact) mass is 237 g/mol. The zero-order valence-electron chi connectivity index (χ0n) is 10.0. The Labute approximate surface area is 99.6 Å². The molecule has 5 heteroatoms. The summed E-state index contributed by atoms with van der Waals surface area (Å²) in [5, 5.41) is 9.45.